The van der Waals surface area contributed by atoms with Gasteiger partial charge in [-0.2, -0.15) is 0 Å². The number of benzene rings is 1. The minimum Gasteiger partial charge on any atom is -0.256 e. The molecule has 0 aliphatic heterocycles. The van der Waals surface area contributed by atoms with Gasteiger partial charge in [-0.05, 0) is 35.0 Å². The second-order valence-electron chi connectivity index (χ2n) is 2.97. The number of pyridine rings is 1. The fourth-order valence-corrected chi connectivity index (χ4v) is 2.50. The lowest BCUT2D eigenvalue weighted by Gasteiger charge is -1.96. The highest BCUT2D eigenvalue weighted by atomic mass is 32.1. The van der Waals surface area contributed by atoms with Gasteiger partial charge in [-0.15, -0.1) is 11.3 Å². The Morgan fingerprint density at radius 3 is 3.08 bits per heavy atom. The lowest BCUT2D eigenvalue weighted by molar-refractivity contribution is 1.42. The maximum Gasteiger partial charge on any atom is 0.0716 e. The smallest absolute Gasteiger partial charge is 0.0716 e. The summed E-state index contributed by atoms with van der Waals surface area (Å²) in [5.41, 5.74) is 1.08. The number of hydrogen-bond acceptors (Lipinski definition) is 2. The van der Waals surface area contributed by atoms with Crippen molar-refractivity contribution < 1.29 is 0 Å². The van der Waals surface area contributed by atoms with E-state index in [4.69, 9.17) is 0 Å². The van der Waals surface area contributed by atoms with Gasteiger partial charge in [0.2, 0.25) is 0 Å². The van der Waals surface area contributed by atoms with E-state index in [2.05, 4.69) is 34.6 Å². The van der Waals surface area contributed by atoms with E-state index < -0.39 is 0 Å². The van der Waals surface area contributed by atoms with Crippen LogP contribution in [-0.4, -0.2) is 4.98 Å². The molecule has 0 radical (unpaired) electrons. The summed E-state index contributed by atoms with van der Waals surface area (Å²) in [6.07, 6.45) is 1.84. The largest absolute Gasteiger partial charge is 0.256 e. The lowest BCUT2D eigenvalue weighted by atomic mass is 10.2. The van der Waals surface area contributed by atoms with Gasteiger partial charge in [-0.3, -0.25) is 4.98 Å². The van der Waals surface area contributed by atoms with Crippen LogP contribution in [0.3, 0.4) is 0 Å². The van der Waals surface area contributed by atoms with E-state index in [9.17, 15) is 0 Å². The first kappa shape index (κ1) is 7.04. The molecule has 0 saturated heterocycles. The number of thiophene rings is 1. The van der Waals surface area contributed by atoms with Crippen LogP contribution in [0.25, 0.3) is 21.0 Å². The lowest BCUT2D eigenvalue weighted by Crippen LogP contribution is -1.75. The highest BCUT2D eigenvalue weighted by Gasteiger charge is 2.00. The maximum absolute atomic E-state index is 4.32. The Bertz CT molecular complexity index is 568. The first-order valence-corrected chi connectivity index (χ1v) is 5.04. The average Bonchev–Trinajstić information content (AvgIpc) is 2.65. The molecule has 3 rings (SSSR count). The van der Waals surface area contributed by atoms with Crippen molar-refractivity contribution in [2.24, 2.45) is 0 Å². The van der Waals surface area contributed by atoms with E-state index in [0.29, 0.717) is 0 Å². The van der Waals surface area contributed by atoms with Crippen molar-refractivity contribution in [2.45, 2.75) is 0 Å². The summed E-state index contributed by atoms with van der Waals surface area (Å²) in [4.78, 5) is 4.32. The number of nitrogens with zero attached hydrogens (tertiary/aromatic N) is 1. The Labute approximate surface area is 79.7 Å². The Morgan fingerprint density at radius 2 is 2.08 bits per heavy atom. The number of aromatic nitrogens is 1. The van der Waals surface area contributed by atoms with Crippen molar-refractivity contribution in [3.05, 3.63) is 41.9 Å². The summed E-state index contributed by atoms with van der Waals surface area (Å²) >= 11 is 1.78. The van der Waals surface area contributed by atoms with Gasteiger partial charge in [0.05, 0.1) is 5.52 Å². The molecule has 0 bridgehead atoms. The van der Waals surface area contributed by atoms with Crippen molar-refractivity contribution >= 4 is 32.3 Å². The van der Waals surface area contributed by atoms with E-state index >= 15 is 0 Å². The van der Waals surface area contributed by atoms with Crippen LogP contribution in [-0.2, 0) is 0 Å². The molecule has 0 N–H and O–H groups in total. The van der Waals surface area contributed by atoms with Gasteiger partial charge in [-0.1, -0.05) is 6.07 Å². The Morgan fingerprint density at radius 1 is 1.08 bits per heavy atom. The molecule has 2 aromatic heterocycles. The fraction of sp³-hybridized carbons (Fsp3) is 0. The zero-order chi connectivity index (χ0) is 8.67. The predicted octanol–water partition coefficient (Wildman–Crippen LogP) is 3.45. The molecule has 0 fully saturated rings. The molecule has 0 unspecified atom stereocenters. The van der Waals surface area contributed by atoms with Crippen molar-refractivity contribution in [2.75, 3.05) is 0 Å². The summed E-state index contributed by atoms with van der Waals surface area (Å²) in [5, 5.41) is 4.69. The van der Waals surface area contributed by atoms with Gasteiger partial charge in [0.25, 0.3) is 0 Å². The van der Waals surface area contributed by atoms with E-state index in [1.165, 1.54) is 15.5 Å². The number of hydrogen-bond donors (Lipinski definition) is 0. The zero-order valence-corrected chi connectivity index (χ0v) is 7.71. The monoisotopic (exact) mass is 185 g/mol. The van der Waals surface area contributed by atoms with Crippen LogP contribution in [0, 0.1) is 0 Å². The molecule has 3 aromatic rings. The molecular formula is C11H7NS. The quantitative estimate of drug-likeness (QED) is 0.522. The Balaban J connectivity index is 2.65. The molecular weight excluding hydrogens is 178 g/mol. The Hall–Kier alpha value is -1.41. The van der Waals surface area contributed by atoms with Gasteiger partial charge in [0, 0.05) is 16.3 Å². The first-order valence-electron chi connectivity index (χ1n) is 4.16. The summed E-state index contributed by atoms with van der Waals surface area (Å²) in [6.45, 7) is 0. The average molecular weight is 185 g/mol. The summed E-state index contributed by atoms with van der Waals surface area (Å²) in [7, 11) is 0. The normalized spacial score (nSPS) is 11.1. The van der Waals surface area contributed by atoms with Crippen LogP contribution in [0.1, 0.15) is 0 Å². The summed E-state index contributed by atoms with van der Waals surface area (Å²) in [6, 6.07) is 10.5. The molecule has 62 valence electrons. The highest BCUT2D eigenvalue weighted by Crippen LogP contribution is 2.28. The van der Waals surface area contributed by atoms with Crippen molar-refractivity contribution in [1.29, 1.82) is 0 Å². The van der Waals surface area contributed by atoms with Crippen LogP contribution >= 0.6 is 11.3 Å². The van der Waals surface area contributed by atoms with E-state index in [1.54, 1.807) is 11.3 Å². The van der Waals surface area contributed by atoms with Crippen molar-refractivity contribution in [3.8, 4) is 0 Å². The third kappa shape index (κ3) is 0.956. The first-order chi connectivity index (χ1) is 6.45. The third-order valence-corrected chi connectivity index (χ3v) is 3.16. The van der Waals surface area contributed by atoms with E-state index in [1.807, 2.05) is 12.3 Å². The Kier molecular flexibility index (Phi) is 1.37. The summed E-state index contributed by atoms with van der Waals surface area (Å²) < 4.78 is 1.34. The van der Waals surface area contributed by atoms with E-state index in [0.717, 1.165) is 5.52 Å². The minimum atomic E-state index is 1.08. The van der Waals surface area contributed by atoms with Crippen LogP contribution in [0.4, 0.5) is 0 Å². The molecule has 0 aliphatic rings. The zero-order valence-electron chi connectivity index (χ0n) is 6.90. The molecule has 0 aliphatic carbocycles. The van der Waals surface area contributed by atoms with Crippen LogP contribution in [0.15, 0.2) is 41.9 Å². The van der Waals surface area contributed by atoms with Crippen LogP contribution in [0.2, 0.25) is 0 Å². The van der Waals surface area contributed by atoms with Crippen molar-refractivity contribution in [1.82, 2.24) is 4.98 Å². The standard InChI is InChI=1S/C11H7NS/c1-2-9-10(12-6-1)4-3-8-5-7-13-11(8)9/h1-7H. The van der Waals surface area contributed by atoms with Crippen molar-refractivity contribution in [3.63, 3.8) is 0 Å². The van der Waals surface area contributed by atoms with Gasteiger partial charge >= 0.3 is 0 Å². The molecule has 0 spiro atoms. The van der Waals surface area contributed by atoms with Gasteiger partial charge < -0.3 is 0 Å². The molecule has 1 nitrogen and oxygen atoms in total. The molecule has 13 heavy (non-hydrogen) atoms. The molecule has 0 amide bonds. The van der Waals surface area contributed by atoms with Gasteiger partial charge in [-0.25, -0.2) is 0 Å². The molecule has 2 heterocycles. The maximum atomic E-state index is 4.32. The van der Waals surface area contributed by atoms with Gasteiger partial charge in [0.15, 0.2) is 0 Å². The fourth-order valence-electron chi connectivity index (χ4n) is 1.58. The predicted molar refractivity (Wildman–Crippen MR) is 57.1 cm³/mol. The molecule has 2 heteroatoms. The highest BCUT2D eigenvalue weighted by molar-refractivity contribution is 7.18. The second kappa shape index (κ2) is 2.54. The topological polar surface area (TPSA) is 12.9 Å². The van der Waals surface area contributed by atoms with Crippen LogP contribution < -0.4 is 0 Å². The second-order valence-corrected chi connectivity index (χ2v) is 3.89. The number of fused-ring (bicyclic) bond motifs is 3. The number of rotatable bonds is 0. The third-order valence-electron chi connectivity index (χ3n) is 2.20. The minimum absolute atomic E-state index is 1.08. The molecule has 0 saturated carbocycles. The van der Waals surface area contributed by atoms with Gasteiger partial charge in [0.1, 0.15) is 0 Å². The van der Waals surface area contributed by atoms with E-state index in [-0.39, 0.29) is 0 Å². The molecule has 0 atom stereocenters. The molecule has 1 aromatic carbocycles. The summed E-state index contributed by atoms with van der Waals surface area (Å²) in [5.74, 6) is 0. The van der Waals surface area contributed by atoms with Crippen LogP contribution in [0.5, 0.6) is 0 Å². The SMILES string of the molecule is c1cnc2ccc3ccsc3c2c1.